The van der Waals surface area contributed by atoms with Crippen LogP contribution in [0.2, 0.25) is 0 Å². The first-order chi connectivity index (χ1) is 8.90. The normalized spacial score (nSPS) is 11.2. The lowest BCUT2D eigenvalue weighted by Crippen LogP contribution is -2.16. The van der Waals surface area contributed by atoms with Gasteiger partial charge < -0.3 is 15.8 Å². The number of carboxylic acids is 1. The number of anilines is 2. The van der Waals surface area contributed by atoms with Crippen molar-refractivity contribution in [1.82, 2.24) is 9.97 Å². The first kappa shape index (κ1) is 12.9. The SMILES string of the molecule is Nc1ccc(NS(=O)(=O)c2cnc[nH]2)c(C(=O)O)c1. The lowest BCUT2D eigenvalue weighted by atomic mass is 10.1. The standard InChI is InChI=1S/C10H10N4O4S/c11-6-1-2-8(7(3-6)10(15)16)14-19(17,18)9-4-12-5-13-9/h1-5,14H,11H2,(H,12,13)(H,15,16). The summed E-state index contributed by atoms with van der Waals surface area (Å²) in [6.07, 6.45) is 2.32. The largest absolute Gasteiger partial charge is 0.478 e. The summed E-state index contributed by atoms with van der Waals surface area (Å²) in [5.74, 6) is -1.28. The van der Waals surface area contributed by atoms with Crippen molar-refractivity contribution in [2.45, 2.75) is 5.03 Å². The van der Waals surface area contributed by atoms with Gasteiger partial charge in [-0.2, -0.15) is 8.42 Å². The quantitative estimate of drug-likeness (QED) is 0.602. The number of nitrogens with one attached hydrogen (secondary N) is 2. The number of H-pyrrole nitrogens is 1. The molecule has 0 aliphatic rings. The number of hydrogen-bond acceptors (Lipinski definition) is 5. The van der Waals surface area contributed by atoms with Crippen LogP contribution in [0.5, 0.6) is 0 Å². The third-order valence-electron chi connectivity index (χ3n) is 2.28. The fourth-order valence-electron chi connectivity index (χ4n) is 1.42. The van der Waals surface area contributed by atoms with Crippen molar-refractivity contribution >= 4 is 27.4 Å². The second-order valence-electron chi connectivity index (χ2n) is 3.63. The molecule has 0 aliphatic carbocycles. The Morgan fingerprint density at radius 3 is 2.74 bits per heavy atom. The second kappa shape index (κ2) is 4.61. The molecule has 0 aliphatic heterocycles. The summed E-state index contributed by atoms with van der Waals surface area (Å²) in [5.41, 5.74) is 5.38. The maximum atomic E-state index is 11.9. The molecule has 0 saturated carbocycles. The molecule has 0 unspecified atom stereocenters. The zero-order chi connectivity index (χ0) is 14.0. The number of aromatic amines is 1. The number of rotatable bonds is 4. The molecule has 0 atom stereocenters. The van der Waals surface area contributed by atoms with Crippen LogP contribution < -0.4 is 10.5 Å². The number of aromatic carboxylic acids is 1. The smallest absolute Gasteiger partial charge is 0.337 e. The van der Waals surface area contributed by atoms with Gasteiger partial charge in [-0.05, 0) is 18.2 Å². The molecule has 1 aromatic carbocycles. The monoisotopic (exact) mass is 282 g/mol. The Hall–Kier alpha value is -2.55. The van der Waals surface area contributed by atoms with Gasteiger partial charge >= 0.3 is 5.97 Å². The van der Waals surface area contributed by atoms with Crippen molar-refractivity contribution in [1.29, 1.82) is 0 Å². The molecule has 5 N–H and O–H groups in total. The van der Waals surface area contributed by atoms with Crippen molar-refractivity contribution in [3.63, 3.8) is 0 Å². The lowest BCUT2D eigenvalue weighted by Gasteiger charge is -2.09. The Morgan fingerprint density at radius 1 is 1.42 bits per heavy atom. The fraction of sp³-hybridized carbons (Fsp3) is 0. The molecule has 100 valence electrons. The molecule has 0 amide bonds. The summed E-state index contributed by atoms with van der Waals surface area (Å²) in [6, 6.07) is 3.86. The number of aromatic nitrogens is 2. The highest BCUT2D eigenvalue weighted by molar-refractivity contribution is 7.92. The van der Waals surface area contributed by atoms with E-state index in [0.717, 1.165) is 6.20 Å². The number of imidazole rings is 1. The molecular weight excluding hydrogens is 272 g/mol. The van der Waals surface area contributed by atoms with Crippen molar-refractivity contribution in [2.75, 3.05) is 10.5 Å². The number of nitrogen functional groups attached to an aromatic ring is 1. The summed E-state index contributed by atoms with van der Waals surface area (Å²) < 4.78 is 26.0. The predicted octanol–water partition coefficient (Wildman–Crippen LogP) is 0.491. The van der Waals surface area contributed by atoms with Gasteiger partial charge in [0, 0.05) is 5.69 Å². The second-order valence-corrected chi connectivity index (χ2v) is 5.28. The molecule has 8 nitrogen and oxygen atoms in total. The molecule has 0 fully saturated rings. The number of nitrogens with two attached hydrogens (primary N) is 1. The van der Waals surface area contributed by atoms with Crippen molar-refractivity contribution < 1.29 is 18.3 Å². The lowest BCUT2D eigenvalue weighted by molar-refractivity contribution is 0.0698. The molecule has 19 heavy (non-hydrogen) atoms. The maximum Gasteiger partial charge on any atom is 0.337 e. The van der Waals surface area contributed by atoms with Gasteiger partial charge in [-0.1, -0.05) is 0 Å². The fourth-order valence-corrected chi connectivity index (χ4v) is 2.40. The Morgan fingerprint density at radius 2 is 2.16 bits per heavy atom. The number of carboxylic acid groups (broad SMARTS) is 1. The molecule has 9 heteroatoms. The Labute approximate surface area is 108 Å². The van der Waals surface area contributed by atoms with Crippen LogP contribution in [-0.2, 0) is 10.0 Å². The van der Waals surface area contributed by atoms with Crippen molar-refractivity contribution in [3.05, 3.63) is 36.3 Å². The van der Waals surface area contributed by atoms with E-state index in [4.69, 9.17) is 10.8 Å². The van der Waals surface area contributed by atoms with Gasteiger partial charge in [-0.25, -0.2) is 9.78 Å². The van der Waals surface area contributed by atoms with Gasteiger partial charge in [0.2, 0.25) is 0 Å². The van der Waals surface area contributed by atoms with Crippen LogP contribution in [0.3, 0.4) is 0 Å². The van der Waals surface area contributed by atoms with Gasteiger partial charge in [0.1, 0.15) is 0 Å². The van der Waals surface area contributed by atoms with Gasteiger partial charge in [0.05, 0.1) is 23.8 Å². The summed E-state index contributed by atoms with van der Waals surface area (Å²) in [7, 11) is -3.91. The van der Waals surface area contributed by atoms with Gasteiger partial charge in [0.15, 0.2) is 5.03 Å². The van der Waals surface area contributed by atoms with E-state index in [1.807, 2.05) is 0 Å². The number of carbonyl (C=O) groups is 1. The summed E-state index contributed by atoms with van der Waals surface area (Å²) in [4.78, 5) is 17.1. The third-order valence-corrected chi connectivity index (χ3v) is 3.57. The van der Waals surface area contributed by atoms with E-state index >= 15 is 0 Å². The van der Waals surface area contributed by atoms with E-state index in [2.05, 4.69) is 14.7 Å². The van der Waals surface area contributed by atoms with Crippen LogP contribution in [0.4, 0.5) is 11.4 Å². The van der Waals surface area contributed by atoms with Crippen LogP contribution >= 0.6 is 0 Å². The molecule has 1 aromatic heterocycles. The minimum atomic E-state index is -3.91. The number of nitrogens with zero attached hydrogens (tertiary/aromatic N) is 1. The zero-order valence-electron chi connectivity index (χ0n) is 9.49. The number of hydrogen-bond donors (Lipinski definition) is 4. The van der Waals surface area contributed by atoms with E-state index in [9.17, 15) is 13.2 Å². The molecule has 0 bridgehead atoms. The molecule has 2 rings (SSSR count). The van der Waals surface area contributed by atoms with E-state index in [0.29, 0.717) is 0 Å². The van der Waals surface area contributed by atoms with E-state index < -0.39 is 16.0 Å². The van der Waals surface area contributed by atoms with Gasteiger partial charge in [-0.3, -0.25) is 4.72 Å². The summed E-state index contributed by atoms with van der Waals surface area (Å²) in [5, 5.41) is 8.84. The highest BCUT2D eigenvalue weighted by Crippen LogP contribution is 2.21. The molecule has 1 heterocycles. The Balaban J connectivity index is 2.42. The molecular formula is C10H10N4O4S. The van der Waals surface area contributed by atoms with Crippen molar-refractivity contribution in [2.24, 2.45) is 0 Å². The van der Waals surface area contributed by atoms with Crippen LogP contribution in [0.25, 0.3) is 0 Å². The molecule has 0 spiro atoms. The average Bonchev–Trinajstić information content (AvgIpc) is 2.85. The molecule has 0 radical (unpaired) electrons. The first-order valence-corrected chi connectivity index (χ1v) is 6.52. The van der Waals surface area contributed by atoms with Crippen LogP contribution in [-0.4, -0.2) is 29.5 Å². The van der Waals surface area contributed by atoms with Crippen LogP contribution in [0.15, 0.2) is 35.7 Å². The maximum absolute atomic E-state index is 11.9. The number of sulfonamides is 1. The molecule has 0 saturated heterocycles. The zero-order valence-corrected chi connectivity index (χ0v) is 10.3. The topological polar surface area (TPSA) is 138 Å². The third kappa shape index (κ3) is 2.65. The highest BCUT2D eigenvalue weighted by atomic mass is 32.2. The number of benzene rings is 1. The molecule has 2 aromatic rings. The predicted molar refractivity (Wildman–Crippen MR) is 67.2 cm³/mol. The summed E-state index contributed by atoms with van der Waals surface area (Å²) >= 11 is 0. The average molecular weight is 282 g/mol. The minimum Gasteiger partial charge on any atom is -0.478 e. The Bertz CT molecular complexity index is 709. The van der Waals surface area contributed by atoms with E-state index in [-0.39, 0.29) is 22.0 Å². The Kier molecular flexibility index (Phi) is 3.13. The van der Waals surface area contributed by atoms with Gasteiger partial charge in [0.25, 0.3) is 10.0 Å². The first-order valence-electron chi connectivity index (χ1n) is 5.04. The minimum absolute atomic E-state index is 0.0729. The highest BCUT2D eigenvalue weighted by Gasteiger charge is 2.19. The van der Waals surface area contributed by atoms with Crippen LogP contribution in [0, 0.1) is 0 Å². The van der Waals surface area contributed by atoms with Crippen molar-refractivity contribution in [3.8, 4) is 0 Å². The van der Waals surface area contributed by atoms with E-state index in [1.54, 1.807) is 0 Å². The van der Waals surface area contributed by atoms with Gasteiger partial charge in [-0.15, -0.1) is 0 Å². The van der Waals surface area contributed by atoms with Crippen LogP contribution in [0.1, 0.15) is 10.4 Å². The van der Waals surface area contributed by atoms with E-state index in [1.165, 1.54) is 24.5 Å². The summed E-state index contributed by atoms with van der Waals surface area (Å²) in [6.45, 7) is 0.